The van der Waals surface area contributed by atoms with E-state index in [1.165, 1.54) is 13.1 Å². The second-order valence-corrected chi connectivity index (χ2v) is 5.58. The normalized spacial score (nSPS) is 11.2. The fourth-order valence-electron chi connectivity index (χ4n) is 2.43. The number of hydrogen-bond acceptors (Lipinski definition) is 3. The summed E-state index contributed by atoms with van der Waals surface area (Å²) in [6, 6.07) is 5.14. The number of nitrogens with zero attached hydrogens (tertiary/aromatic N) is 3. The largest absolute Gasteiger partial charge is 0.431 e. The van der Waals surface area contributed by atoms with Crippen LogP contribution in [0.4, 0.5) is 22.0 Å². The van der Waals surface area contributed by atoms with E-state index in [1.807, 2.05) is 0 Å². The lowest BCUT2D eigenvalue weighted by molar-refractivity contribution is -0.0518. The van der Waals surface area contributed by atoms with Gasteiger partial charge in [-0.1, -0.05) is 17.7 Å². The molecule has 0 radical (unpaired) electrons. The number of alkyl halides is 2. The van der Waals surface area contributed by atoms with E-state index in [0.717, 1.165) is 28.8 Å². The highest BCUT2D eigenvalue weighted by atomic mass is 35.5. The Bertz CT molecular complexity index is 957. The lowest BCUT2D eigenvalue weighted by atomic mass is 10.1. The Morgan fingerprint density at radius 1 is 1.00 bits per heavy atom. The molecule has 0 saturated heterocycles. The number of halogens is 6. The summed E-state index contributed by atoms with van der Waals surface area (Å²) in [5.41, 5.74) is -0.708. The van der Waals surface area contributed by atoms with Crippen LogP contribution in [0.25, 0.3) is 22.8 Å². The average Bonchev–Trinajstić information content (AvgIpc) is 2.91. The zero-order chi connectivity index (χ0) is 19.0. The maximum atomic E-state index is 14.0. The molecular weight excluding hydrogens is 381 g/mol. The van der Waals surface area contributed by atoms with E-state index in [4.69, 9.17) is 11.6 Å². The Morgan fingerprint density at radius 2 is 1.62 bits per heavy atom. The molecule has 136 valence electrons. The summed E-state index contributed by atoms with van der Waals surface area (Å²) in [6.07, 6.45) is 0. The number of benzene rings is 2. The zero-order valence-electron chi connectivity index (χ0n) is 13.0. The minimum atomic E-state index is -3.30. The van der Waals surface area contributed by atoms with Gasteiger partial charge in [-0.3, -0.25) is 0 Å². The number of hydrogen-bond donors (Lipinski definition) is 0. The Hall–Kier alpha value is -2.68. The SMILES string of the molecule is Cn1c(-c2cc(Cl)cc(F)c2OC(F)F)nnc1-c1c(F)cccc1F. The van der Waals surface area contributed by atoms with Crippen LogP contribution in [0.15, 0.2) is 30.3 Å². The van der Waals surface area contributed by atoms with E-state index in [0.29, 0.717) is 0 Å². The Kier molecular flexibility index (Phi) is 4.82. The van der Waals surface area contributed by atoms with Crippen molar-refractivity contribution in [1.29, 1.82) is 0 Å². The molecule has 0 fully saturated rings. The molecule has 0 unspecified atom stereocenters. The van der Waals surface area contributed by atoms with Gasteiger partial charge in [-0.15, -0.1) is 10.2 Å². The molecule has 26 heavy (non-hydrogen) atoms. The van der Waals surface area contributed by atoms with Crippen molar-refractivity contribution < 1.29 is 26.7 Å². The number of rotatable bonds is 4. The van der Waals surface area contributed by atoms with E-state index < -0.39 is 35.4 Å². The molecule has 2 aromatic carbocycles. The molecule has 0 atom stereocenters. The van der Waals surface area contributed by atoms with E-state index in [2.05, 4.69) is 14.9 Å². The Balaban J connectivity index is 2.20. The van der Waals surface area contributed by atoms with E-state index in [1.54, 1.807) is 0 Å². The van der Waals surface area contributed by atoms with Crippen LogP contribution < -0.4 is 4.74 Å². The maximum absolute atomic E-state index is 14.0. The summed E-state index contributed by atoms with van der Waals surface area (Å²) in [4.78, 5) is 0. The first kappa shape index (κ1) is 18.1. The van der Waals surface area contributed by atoms with Crippen molar-refractivity contribution in [2.24, 2.45) is 7.05 Å². The van der Waals surface area contributed by atoms with Crippen molar-refractivity contribution in [1.82, 2.24) is 14.8 Å². The highest BCUT2D eigenvalue weighted by molar-refractivity contribution is 6.31. The van der Waals surface area contributed by atoms with Crippen LogP contribution in [-0.4, -0.2) is 21.4 Å². The molecule has 0 amide bonds. The van der Waals surface area contributed by atoms with Gasteiger partial charge in [0.25, 0.3) is 0 Å². The smallest absolute Gasteiger partial charge is 0.387 e. The van der Waals surface area contributed by atoms with Crippen molar-refractivity contribution in [3.05, 3.63) is 52.8 Å². The molecule has 0 aliphatic carbocycles. The van der Waals surface area contributed by atoms with E-state index >= 15 is 0 Å². The summed E-state index contributed by atoms with van der Waals surface area (Å²) < 4.78 is 72.5. The first-order valence-corrected chi connectivity index (χ1v) is 7.45. The second-order valence-electron chi connectivity index (χ2n) is 5.15. The summed E-state index contributed by atoms with van der Waals surface area (Å²) in [5, 5.41) is 7.30. The molecule has 0 spiro atoms. The predicted molar refractivity (Wildman–Crippen MR) is 83.4 cm³/mol. The van der Waals surface area contributed by atoms with Crippen molar-refractivity contribution >= 4 is 11.6 Å². The first-order chi connectivity index (χ1) is 12.3. The molecule has 0 N–H and O–H groups in total. The van der Waals surface area contributed by atoms with Crippen molar-refractivity contribution in [2.75, 3.05) is 0 Å². The van der Waals surface area contributed by atoms with Crippen LogP contribution in [0.1, 0.15) is 0 Å². The van der Waals surface area contributed by atoms with Crippen LogP contribution in [0.2, 0.25) is 5.02 Å². The van der Waals surface area contributed by atoms with E-state index in [-0.39, 0.29) is 22.2 Å². The molecule has 0 saturated carbocycles. The van der Waals surface area contributed by atoms with Crippen molar-refractivity contribution in [2.45, 2.75) is 6.61 Å². The molecule has 3 rings (SSSR count). The molecule has 1 heterocycles. The Labute approximate surface area is 148 Å². The quantitative estimate of drug-likeness (QED) is 0.601. The minimum Gasteiger partial charge on any atom is -0.431 e. The van der Waals surface area contributed by atoms with Gasteiger partial charge in [0.2, 0.25) is 0 Å². The summed E-state index contributed by atoms with van der Waals surface area (Å²) in [7, 11) is 1.33. The number of aromatic nitrogens is 3. The van der Waals surface area contributed by atoms with Crippen LogP contribution >= 0.6 is 11.6 Å². The summed E-state index contributed by atoms with van der Waals surface area (Å²) in [5.74, 6) is -4.13. The van der Waals surface area contributed by atoms with Gasteiger partial charge in [0.15, 0.2) is 23.2 Å². The van der Waals surface area contributed by atoms with E-state index in [9.17, 15) is 22.0 Å². The van der Waals surface area contributed by atoms with Gasteiger partial charge >= 0.3 is 6.61 Å². The van der Waals surface area contributed by atoms with Crippen LogP contribution in [-0.2, 0) is 7.05 Å². The van der Waals surface area contributed by atoms with Crippen LogP contribution in [0.3, 0.4) is 0 Å². The van der Waals surface area contributed by atoms with Crippen LogP contribution in [0.5, 0.6) is 5.75 Å². The molecule has 0 aliphatic heterocycles. The van der Waals surface area contributed by atoms with Gasteiger partial charge in [0.1, 0.15) is 11.6 Å². The maximum Gasteiger partial charge on any atom is 0.387 e. The molecule has 10 heteroatoms. The van der Waals surface area contributed by atoms with Crippen LogP contribution in [0, 0.1) is 17.5 Å². The van der Waals surface area contributed by atoms with Gasteiger partial charge < -0.3 is 9.30 Å². The molecule has 3 aromatic rings. The summed E-state index contributed by atoms with van der Waals surface area (Å²) >= 11 is 5.77. The van der Waals surface area contributed by atoms with Gasteiger partial charge in [0.05, 0.1) is 11.1 Å². The number of ether oxygens (including phenoxy) is 1. The van der Waals surface area contributed by atoms with Crippen molar-refractivity contribution in [3.8, 4) is 28.5 Å². The molecule has 0 bridgehead atoms. The monoisotopic (exact) mass is 389 g/mol. The van der Waals surface area contributed by atoms with Gasteiger partial charge in [-0.2, -0.15) is 8.78 Å². The molecule has 1 aromatic heterocycles. The third kappa shape index (κ3) is 3.22. The fourth-order valence-corrected chi connectivity index (χ4v) is 2.63. The predicted octanol–water partition coefficient (Wildman–Crippen LogP) is 4.82. The Morgan fingerprint density at radius 3 is 2.23 bits per heavy atom. The molecular formula is C16H9ClF5N3O. The molecule has 0 aliphatic rings. The minimum absolute atomic E-state index is 0.110. The van der Waals surface area contributed by atoms with Gasteiger partial charge in [-0.25, -0.2) is 13.2 Å². The topological polar surface area (TPSA) is 39.9 Å². The standard InChI is InChI=1S/C16H9ClF5N3O/c1-25-14(8-5-7(17)6-11(20)13(8)26-16(21)22)23-24-15(25)12-9(18)3-2-4-10(12)19/h2-6,16H,1H3. The zero-order valence-corrected chi connectivity index (χ0v) is 13.7. The highest BCUT2D eigenvalue weighted by Crippen LogP contribution is 2.37. The lowest BCUT2D eigenvalue weighted by Gasteiger charge is -2.12. The van der Waals surface area contributed by atoms with Crippen molar-refractivity contribution in [3.63, 3.8) is 0 Å². The third-order valence-corrected chi connectivity index (χ3v) is 3.74. The summed E-state index contributed by atoms with van der Waals surface area (Å²) in [6.45, 7) is -3.30. The molecule has 4 nitrogen and oxygen atoms in total. The van der Waals surface area contributed by atoms with Gasteiger partial charge in [-0.05, 0) is 24.3 Å². The fraction of sp³-hybridized carbons (Fsp3) is 0.125. The third-order valence-electron chi connectivity index (χ3n) is 3.52. The lowest BCUT2D eigenvalue weighted by Crippen LogP contribution is -2.07. The highest BCUT2D eigenvalue weighted by Gasteiger charge is 2.24. The van der Waals surface area contributed by atoms with Gasteiger partial charge in [0, 0.05) is 12.1 Å². The first-order valence-electron chi connectivity index (χ1n) is 7.07. The second kappa shape index (κ2) is 6.91. The average molecular weight is 390 g/mol.